The van der Waals surface area contributed by atoms with Gasteiger partial charge in [0.05, 0.1) is 18.3 Å². The minimum absolute atomic E-state index is 0.0842. The van der Waals surface area contributed by atoms with E-state index in [4.69, 9.17) is 15.7 Å². The highest BCUT2D eigenvalue weighted by atomic mass is 16.5. The molecule has 1 aliphatic rings. The maximum absolute atomic E-state index is 9.34. The lowest BCUT2D eigenvalue weighted by molar-refractivity contribution is -0.101. The molecule has 110 valence electrons. The molecule has 0 amide bonds. The molecule has 2 heterocycles. The maximum atomic E-state index is 9.34. The van der Waals surface area contributed by atoms with Gasteiger partial charge in [-0.15, -0.1) is 0 Å². The summed E-state index contributed by atoms with van der Waals surface area (Å²) in [5.74, 6) is 0.413. The van der Waals surface area contributed by atoms with E-state index in [-0.39, 0.29) is 18.5 Å². The van der Waals surface area contributed by atoms with E-state index in [9.17, 15) is 5.11 Å². The Hall–Kier alpha value is -1.93. The Labute approximate surface area is 116 Å². The van der Waals surface area contributed by atoms with Gasteiger partial charge in [-0.2, -0.15) is 0 Å². The van der Waals surface area contributed by atoms with Crippen LogP contribution in [-0.4, -0.2) is 57.5 Å². The number of amidine groups is 1. The lowest BCUT2D eigenvalue weighted by atomic mass is 10.0. The predicted molar refractivity (Wildman–Crippen MR) is 72.8 cm³/mol. The fourth-order valence-corrected chi connectivity index (χ4v) is 2.34. The van der Waals surface area contributed by atoms with Gasteiger partial charge in [0.1, 0.15) is 0 Å². The van der Waals surface area contributed by atoms with Crippen LogP contribution in [-0.2, 0) is 4.74 Å². The van der Waals surface area contributed by atoms with Gasteiger partial charge in [0.2, 0.25) is 0 Å². The van der Waals surface area contributed by atoms with Gasteiger partial charge in [-0.1, -0.05) is 5.16 Å². The van der Waals surface area contributed by atoms with Crippen LogP contribution in [0, 0.1) is 0 Å². The molecule has 1 aromatic rings. The van der Waals surface area contributed by atoms with E-state index in [1.54, 1.807) is 6.20 Å². The molecule has 8 nitrogen and oxygen atoms in total. The first kappa shape index (κ1) is 14.5. The van der Waals surface area contributed by atoms with Crippen LogP contribution in [0.4, 0.5) is 5.82 Å². The highest BCUT2D eigenvalue weighted by Crippen LogP contribution is 2.26. The first-order chi connectivity index (χ1) is 9.46. The number of anilines is 1. The quantitative estimate of drug-likeness (QED) is 0.297. The van der Waals surface area contributed by atoms with Crippen molar-refractivity contribution in [2.45, 2.75) is 25.6 Å². The van der Waals surface area contributed by atoms with Gasteiger partial charge in [-0.3, -0.25) is 0 Å². The summed E-state index contributed by atoms with van der Waals surface area (Å²) in [6.45, 7) is 4.81. The molecular formula is C12H19N5O3. The van der Waals surface area contributed by atoms with Crippen molar-refractivity contribution in [1.82, 2.24) is 9.97 Å². The number of aromatic nitrogens is 2. The highest BCUT2D eigenvalue weighted by molar-refractivity contribution is 5.99. The Morgan fingerprint density at radius 1 is 1.55 bits per heavy atom. The molecule has 1 aliphatic heterocycles. The molecule has 1 saturated heterocycles. The van der Waals surface area contributed by atoms with Gasteiger partial charge in [-0.25, -0.2) is 9.97 Å². The van der Waals surface area contributed by atoms with Crippen molar-refractivity contribution < 1.29 is 15.1 Å². The van der Waals surface area contributed by atoms with Crippen LogP contribution in [0.1, 0.15) is 19.5 Å². The number of oxime groups is 1. The van der Waals surface area contributed by atoms with E-state index >= 15 is 0 Å². The second-order valence-corrected chi connectivity index (χ2v) is 5.28. The van der Waals surface area contributed by atoms with Gasteiger partial charge in [0.15, 0.2) is 17.3 Å². The molecule has 1 aromatic heterocycles. The summed E-state index contributed by atoms with van der Waals surface area (Å²) >= 11 is 0. The summed E-state index contributed by atoms with van der Waals surface area (Å²) in [6.07, 6.45) is 2.70. The van der Waals surface area contributed by atoms with Crippen molar-refractivity contribution >= 4 is 11.7 Å². The van der Waals surface area contributed by atoms with Gasteiger partial charge in [-0.05, 0) is 13.8 Å². The zero-order chi connectivity index (χ0) is 14.8. The van der Waals surface area contributed by atoms with Crippen LogP contribution >= 0.6 is 0 Å². The fourth-order valence-electron chi connectivity index (χ4n) is 2.34. The standard InChI is InChI=1S/C12H19N5O3/c1-12(2)7-17(5-8(6-18)20-12)11-9(10(13)16-19)14-3-4-15-11/h3-4,8,18-19H,5-7H2,1-2H3,(H2,13,16). The third-order valence-corrected chi connectivity index (χ3v) is 3.01. The molecule has 2 rings (SSSR count). The highest BCUT2D eigenvalue weighted by Gasteiger charge is 2.35. The first-order valence-electron chi connectivity index (χ1n) is 6.29. The first-order valence-corrected chi connectivity index (χ1v) is 6.29. The number of rotatable bonds is 3. The smallest absolute Gasteiger partial charge is 0.192 e. The summed E-state index contributed by atoms with van der Waals surface area (Å²) in [7, 11) is 0. The van der Waals surface area contributed by atoms with Crippen molar-refractivity contribution in [3.63, 3.8) is 0 Å². The SMILES string of the molecule is CC1(C)CN(c2nccnc2C(N)=NO)CC(CO)O1. The summed E-state index contributed by atoms with van der Waals surface area (Å²) < 4.78 is 5.75. The normalized spacial score (nSPS) is 22.9. The Morgan fingerprint density at radius 2 is 2.25 bits per heavy atom. The molecule has 0 bridgehead atoms. The van der Waals surface area contributed by atoms with E-state index in [1.165, 1.54) is 6.20 Å². The second-order valence-electron chi connectivity index (χ2n) is 5.28. The zero-order valence-electron chi connectivity index (χ0n) is 11.5. The van der Waals surface area contributed by atoms with Gasteiger partial charge in [0.25, 0.3) is 0 Å². The maximum Gasteiger partial charge on any atom is 0.192 e. The number of hydrogen-bond acceptors (Lipinski definition) is 7. The van der Waals surface area contributed by atoms with Crippen molar-refractivity contribution in [3.05, 3.63) is 18.1 Å². The fraction of sp³-hybridized carbons (Fsp3) is 0.583. The third-order valence-electron chi connectivity index (χ3n) is 3.01. The molecular weight excluding hydrogens is 262 g/mol. The average Bonchev–Trinajstić information content (AvgIpc) is 2.44. The van der Waals surface area contributed by atoms with E-state index in [0.717, 1.165) is 0 Å². The van der Waals surface area contributed by atoms with Gasteiger partial charge in [0, 0.05) is 25.5 Å². The van der Waals surface area contributed by atoms with Crippen LogP contribution in [0.5, 0.6) is 0 Å². The van der Waals surface area contributed by atoms with Crippen LogP contribution in [0.15, 0.2) is 17.5 Å². The number of aliphatic hydroxyl groups is 1. The van der Waals surface area contributed by atoms with Crippen molar-refractivity contribution in [3.8, 4) is 0 Å². The molecule has 0 aromatic carbocycles. The van der Waals surface area contributed by atoms with E-state index in [0.29, 0.717) is 24.6 Å². The molecule has 4 N–H and O–H groups in total. The Balaban J connectivity index is 2.35. The number of ether oxygens (including phenoxy) is 1. The van der Waals surface area contributed by atoms with Crippen LogP contribution in [0.2, 0.25) is 0 Å². The predicted octanol–water partition coefficient (Wildman–Crippen LogP) is -0.453. The van der Waals surface area contributed by atoms with Gasteiger partial charge >= 0.3 is 0 Å². The summed E-state index contributed by atoms with van der Waals surface area (Å²) in [5.41, 5.74) is 5.50. The zero-order valence-corrected chi connectivity index (χ0v) is 11.5. The average molecular weight is 281 g/mol. The molecule has 1 unspecified atom stereocenters. The topological polar surface area (TPSA) is 117 Å². The molecule has 0 radical (unpaired) electrons. The molecule has 0 aliphatic carbocycles. The van der Waals surface area contributed by atoms with Crippen molar-refractivity contribution in [2.75, 3.05) is 24.6 Å². The number of aliphatic hydroxyl groups excluding tert-OH is 1. The Bertz CT molecular complexity index is 506. The van der Waals surface area contributed by atoms with E-state index in [2.05, 4.69) is 15.1 Å². The lowest BCUT2D eigenvalue weighted by Crippen LogP contribution is -2.54. The molecule has 20 heavy (non-hydrogen) atoms. The molecule has 8 heteroatoms. The lowest BCUT2D eigenvalue weighted by Gasteiger charge is -2.43. The van der Waals surface area contributed by atoms with Crippen LogP contribution < -0.4 is 10.6 Å². The monoisotopic (exact) mass is 281 g/mol. The van der Waals surface area contributed by atoms with Gasteiger partial charge < -0.3 is 25.7 Å². The summed E-state index contributed by atoms with van der Waals surface area (Å²) in [6, 6.07) is 0. The molecule has 1 fully saturated rings. The molecule has 1 atom stereocenters. The largest absolute Gasteiger partial charge is 0.409 e. The van der Waals surface area contributed by atoms with E-state index < -0.39 is 5.60 Å². The number of morpholine rings is 1. The molecule has 0 spiro atoms. The second kappa shape index (κ2) is 5.59. The van der Waals surface area contributed by atoms with Crippen molar-refractivity contribution in [1.29, 1.82) is 0 Å². The number of hydrogen-bond donors (Lipinski definition) is 3. The van der Waals surface area contributed by atoms with Crippen LogP contribution in [0.3, 0.4) is 0 Å². The summed E-state index contributed by atoms with van der Waals surface area (Å²) in [5, 5.41) is 21.1. The minimum atomic E-state index is -0.439. The van der Waals surface area contributed by atoms with Crippen molar-refractivity contribution in [2.24, 2.45) is 10.9 Å². The Kier molecular flexibility index (Phi) is 4.05. The number of nitrogens with zero attached hydrogens (tertiary/aromatic N) is 4. The third kappa shape index (κ3) is 2.97. The Morgan fingerprint density at radius 3 is 2.90 bits per heavy atom. The van der Waals surface area contributed by atoms with Crippen LogP contribution in [0.25, 0.3) is 0 Å². The molecule has 0 saturated carbocycles. The van der Waals surface area contributed by atoms with E-state index in [1.807, 2.05) is 18.7 Å². The minimum Gasteiger partial charge on any atom is -0.409 e. The number of nitrogens with two attached hydrogens (primary N) is 1. The summed E-state index contributed by atoms with van der Waals surface area (Å²) in [4.78, 5) is 10.3.